The summed E-state index contributed by atoms with van der Waals surface area (Å²) in [5.41, 5.74) is 1.44. The summed E-state index contributed by atoms with van der Waals surface area (Å²) in [6, 6.07) is 12.2. The zero-order valence-corrected chi connectivity index (χ0v) is 13.3. The van der Waals surface area contributed by atoms with Crippen LogP contribution in [0.15, 0.2) is 30.3 Å². The van der Waals surface area contributed by atoms with Crippen LogP contribution in [0.2, 0.25) is 0 Å². The molecule has 0 saturated heterocycles. The zero-order chi connectivity index (χ0) is 14.4. The molecule has 1 saturated carbocycles. The summed E-state index contributed by atoms with van der Waals surface area (Å²) in [4.78, 5) is 2.63. The summed E-state index contributed by atoms with van der Waals surface area (Å²) in [5.74, 6) is 0.821. The number of hydrogen-bond acceptors (Lipinski definition) is 2. The fourth-order valence-corrected chi connectivity index (χ4v) is 3.59. The van der Waals surface area contributed by atoms with E-state index in [4.69, 9.17) is 0 Å². The van der Waals surface area contributed by atoms with Crippen LogP contribution in [0.25, 0.3) is 0 Å². The highest BCUT2D eigenvalue weighted by molar-refractivity contribution is 5.19. The lowest BCUT2D eigenvalue weighted by molar-refractivity contribution is 0.0954. The van der Waals surface area contributed by atoms with E-state index in [1.807, 2.05) is 0 Å². The number of rotatable bonds is 6. The fourth-order valence-electron chi connectivity index (χ4n) is 3.59. The molecule has 112 valence electrons. The summed E-state index contributed by atoms with van der Waals surface area (Å²) in [5, 5.41) is 3.54. The highest BCUT2D eigenvalue weighted by Crippen LogP contribution is 2.32. The number of nitrogens with zero attached hydrogens (tertiary/aromatic N) is 1. The van der Waals surface area contributed by atoms with Crippen LogP contribution < -0.4 is 5.32 Å². The van der Waals surface area contributed by atoms with Gasteiger partial charge in [0, 0.05) is 18.6 Å². The van der Waals surface area contributed by atoms with Crippen molar-refractivity contribution in [3.63, 3.8) is 0 Å². The van der Waals surface area contributed by atoms with Crippen LogP contribution in [0.4, 0.5) is 0 Å². The van der Waals surface area contributed by atoms with Crippen LogP contribution in [-0.4, -0.2) is 31.1 Å². The van der Waals surface area contributed by atoms with Gasteiger partial charge in [-0.3, -0.25) is 4.90 Å². The van der Waals surface area contributed by atoms with Crippen molar-refractivity contribution in [2.75, 3.05) is 20.1 Å². The molecule has 20 heavy (non-hydrogen) atoms. The second-order valence-corrected chi connectivity index (χ2v) is 6.23. The highest BCUT2D eigenvalue weighted by atomic mass is 15.2. The molecule has 0 amide bonds. The first-order valence-electron chi connectivity index (χ1n) is 8.21. The Bertz CT molecular complexity index is 376. The molecule has 1 fully saturated rings. The van der Waals surface area contributed by atoms with Crippen molar-refractivity contribution in [2.45, 2.75) is 51.6 Å². The Morgan fingerprint density at radius 1 is 1.20 bits per heavy atom. The summed E-state index contributed by atoms with van der Waals surface area (Å²) < 4.78 is 0. The Morgan fingerprint density at radius 2 is 1.90 bits per heavy atom. The molecule has 0 radical (unpaired) electrons. The molecule has 2 nitrogen and oxygen atoms in total. The average molecular weight is 274 g/mol. The zero-order valence-electron chi connectivity index (χ0n) is 13.3. The van der Waals surface area contributed by atoms with Gasteiger partial charge in [-0.2, -0.15) is 0 Å². The van der Waals surface area contributed by atoms with Gasteiger partial charge in [-0.25, -0.2) is 0 Å². The monoisotopic (exact) mass is 274 g/mol. The normalized spacial score (nSPS) is 24.8. The molecule has 0 spiro atoms. The van der Waals surface area contributed by atoms with Gasteiger partial charge in [0.1, 0.15) is 0 Å². The van der Waals surface area contributed by atoms with E-state index in [9.17, 15) is 0 Å². The molecule has 1 aromatic carbocycles. The third-order valence-electron chi connectivity index (χ3n) is 4.85. The lowest BCUT2D eigenvalue weighted by Crippen LogP contribution is -2.44. The van der Waals surface area contributed by atoms with Gasteiger partial charge < -0.3 is 5.32 Å². The molecule has 2 rings (SSSR count). The Kier molecular flexibility index (Phi) is 6.06. The Labute approximate surface area is 124 Å². The first-order chi connectivity index (χ1) is 9.74. The number of nitrogens with one attached hydrogen (secondary N) is 1. The van der Waals surface area contributed by atoms with E-state index in [0.29, 0.717) is 6.04 Å². The molecular weight excluding hydrogens is 244 g/mol. The van der Waals surface area contributed by atoms with E-state index < -0.39 is 0 Å². The van der Waals surface area contributed by atoms with Gasteiger partial charge in [-0.1, -0.05) is 57.0 Å². The number of benzene rings is 1. The quantitative estimate of drug-likeness (QED) is 0.847. The molecule has 1 aliphatic carbocycles. The van der Waals surface area contributed by atoms with Gasteiger partial charge in [0.05, 0.1) is 0 Å². The third-order valence-corrected chi connectivity index (χ3v) is 4.85. The second-order valence-electron chi connectivity index (χ2n) is 6.23. The van der Waals surface area contributed by atoms with Gasteiger partial charge in [-0.15, -0.1) is 0 Å². The molecule has 1 N–H and O–H groups in total. The highest BCUT2D eigenvalue weighted by Gasteiger charge is 2.29. The minimum Gasteiger partial charge on any atom is -0.315 e. The molecule has 1 aromatic rings. The Balaban J connectivity index is 2.12. The van der Waals surface area contributed by atoms with E-state index in [2.05, 4.69) is 61.4 Å². The summed E-state index contributed by atoms with van der Waals surface area (Å²) in [6.07, 6.45) is 5.54. The van der Waals surface area contributed by atoms with Crippen LogP contribution in [0.1, 0.15) is 51.1 Å². The van der Waals surface area contributed by atoms with Crippen molar-refractivity contribution in [1.29, 1.82) is 0 Å². The summed E-state index contributed by atoms with van der Waals surface area (Å²) in [7, 11) is 2.32. The van der Waals surface area contributed by atoms with Crippen molar-refractivity contribution < 1.29 is 0 Å². The third kappa shape index (κ3) is 3.83. The second kappa shape index (κ2) is 7.80. The van der Waals surface area contributed by atoms with E-state index in [0.717, 1.165) is 25.0 Å². The average Bonchev–Trinajstić information content (AvgIpc) is 2.49. The van der Waals surface area contributed by atoms with E-state index in [-0.39, 0.29) is 0 Å². The molecule has 0 heterocycles. The maximum absolute atomic E-state index is 3.54. The molecular formula is C18H30N2. The minimum absolute atomic E-state index is 0.488. The van der Waals surface area contributed by atoms with Crippen molar-refractivity contribution >= 4 is 0 Å². The van der Waals surface area contributed by atoms with Crippen LogP contribution in [-0.2, 0) is 0 Å². The standard InChI is InChI=1S/C18H30N2/c1-4-19-14-18(16-11-6-5-7-12-16)20(3)17-13-9-8-10-15(17)2/h5-7,11-12,15,17-19H,4,8-10,13-14H2,1-3H3. The lowest BCUT2D eigenvalue weighted by atomic mass is 9.84. The smallest absolute Gasteiger partial charge is 0.0472 e. The first kappa shape index (κ1) is 15.5. The first-order valence-corrected chi connectivity index (χ1v) is 8.21. The predicted octanol–water partition coefficient (Wildman–Crippen LogP) is 3.85. The van der Waals surface area contributed by atoms with Crippen molar-refractivity contribution in [1.82, 2.24) is 10.2 Å². The summed E-state index contributed by atoms with van der Waals surface area (Å²) >= 11 is 0. The van der Waals surface area contributed by atoms with E-state index in [1.54, 1.807) is 0 Å². The van der Waals surface area contributed by atoms with Crippen molar-refractivity contribution in [3.8, 4) is 0 Å². The van der Waals surface area contributed by atoms with Gasteiger partial charge in [0.25, 0.3) is 0 Å². The molecule has 1 aliphatic rings. The van der Waals surface area contributed by atoms with Crippen LogP contribution in [0.3, 0.4) is 0 Å². The molecule has 0 bridgehead atoms. The SMILES string of the molecule is CCNCC(c1ccccc1)N(C)C1CCCCC1C. The fraction of sp³-hybridized carbons (Fsp3) is 0.667. The van der Waals surface area contributed by atoms with E-state index >= 15 is 0 Å². The largest absolute Gasteiger partial charge is 0.315 e. The van der Waals surface area contributed by atoms with Crippen molar-refractivity contribution in [3.05, 3.63) is 35.9 Å². The van der Waals surface area contributed by atoms with Crippen LogP contribution in [0.5, 0.6) is 0 Å². The van der Waals surface area contributed by atoms with Gasteiger partial charge in [0.15, 0.2) is 0 Å². The van der Waals surface area contributed by atoms with Crippen LogP contribution in [0, 0.1) is 5.92 Å². The van der Waals surface area contributed by atoms with Gasteiger partial charge >= 0.3 is 0 Å². The Hall–Kier alpha value is -0.860. The molecule has 3 unspecified atom stereocenters. The predicted molar refractivity (Wildman–Crippen MR) is 86.9 cm³/mol. The van der Waals surface area contributed by atoms with Crippen molar-refractivity contribution in [2.24, 2.45) is 5.92 Å². The maximum Gasteiger partial charge on any atom is 0.0472 e. The van der Waals surface area contributed by atoms with E-state index in [1.165, 1.54) is 31.2 Å². The maximum atomic E-state index is 3.54. The topological polar surface area (TPSA) is 15.3 Å². The van der Waals surface area contributed by atoms with Gasteiger partial charge in [-0.05, 0) is 37.9 Å². The lowest BCUT2D eigenvalue weighted by Gasteiger charge is -2.41. The number of likely N-dealkylation sites (N-methyl/N-ethyl adjacent to an activating group) is 2. The Morgan fingerprint density at radius 3 is 2.55 bits per heavy atom. The molecule has 0 aliphatic heterocycles. The number of hydrogen-bond donors (Lipinski definition) is 1. The summed E-state index contributed by atoms with van der Waals surface area (Å²) in [6.45, 7) is 6.69. The van der Waals surface area contributed by atoms with Crippen LogP contribution >= 0.6 is 0 Å². The molecule has 3 atom stereocenters. The van der Waals surface area contributed by atoms with Gasteiger partial charge in [0.2, 0.25) is 0 Å². The molecule has 0 aromatic heterocycles. The minimum atomic E-state index is 0.488. The molecule has 2 heteroatoms.